The molecule has 128 valence electrons. The van der Waals surface area contributed by atoms with Crippen molar-refractivity contribution in [2.75, 3.05) is 19.6 Å². The Morgan fingerprint density at radius 2 is 2.17 bits per heavy atom. The van der Waals surface area contributed by atoms with E-state index in [0.29, 0.717) is 24.9 Å². The van der Waals surface area contributed by atoms with Gasteiger partial charge in [-0.05, 0) is 43.6 Å². The summed E-state index contributed by atoms with van der Waals surface area (Å²) in [6.45, 7) is 4.78. The molecule has 6 nitrogen and oxygen atoms in total. The maximum atomic E-state index is 12.9. The van der Waals surface area contributed by atoms with Gasteiger partial charge in [0.05, 0.1) is 6.42 Å². The summed E-state index contributed by atoms with van der Waals surface area (Å²) in [5, 5.41) is 10.5. The van der Waals surface area contributed by atoms with Gasteiger partial charge in [0.15, 0.2) is 0 Å². The zero-order chi connectivity index (χ0) is 16.9. The third-order valence-electron chi connectivity index (χ3n) is 4.33. The number of carbonyl (C=O) groups excluding carboxylic acids is 1. The lowest BCUT2D eigenvalue weighted by molar-refractivity contribution is 0.0905. The molecule has 1 fully saturated rings. The van der Waals surface area contributed by atoms with E-state index in [4.69, 9.17) is 4.42 Å². The van der Waals surface area contributed by atoms with Gasteiger partial charge in [-0.2, -0.15) is 0 Å². The van der Waals surface area contributed by atoms with Crippen molar-refractivity contribution in [3.63, 3.8) is 0 Å². The van der Waals surface area contributed by atoms with Crippen LogP contribution in [0.2, 0.25) is 0 Å². The number of nitrogens with one attached hydrogen (secondary N) is 1. The second-order valence-electron chi connectivity index (χ2n) is 5.94. The summed E-state index contributed by atoms with van der Waals surface area (Å²) in [6, 6.07) is 6.43. The van der Waals surface area contributed by atoms with Crippen LogP contribution in [-0.2, 0) is 6.42 Å². The maximum Gasteiger partial charge on any atom is 0.308 e. The highest BCUT2D eigenvalue weighted by atomic mass is 19.1. The molecule has 1 aliphatic rings. The predicted molar refractivity (Wildman–Crippen MR) is 86.1 cm³/mol. The molecule has 0 bridgehead atoms. The number of rotatable bonds is 6. The summed E-state index contributed by atoms with van der Waals surface area (Å²) in [5.74, 6) is -0.343. The molecular weight excluding hydrogens is 311 g/mol. The summed E-state index contributed by atoms with van der Waals surface area (Å²) < 4.78 is 18.3. The van der Waals surface area contributed by atoms with Gasteiger partial charge in [-0.3, -0.25) is 9.69 Å². The van der Waals surface area contributed by atoms with E-state index >= 15 is 0 Å². The Labute approximate surface area is 140 Å². The van der Waals surface area contributed by atoms with Crippen LogP contribution in [0.1, 0.15) is 41.9 Å². The first-order valence-electron chi connectivity index (χ1n) is 8.24. The minimum absolute atomic E-state index is 0.0341. The number of halogens is 1. The van der Waals surface area contributed by atoms with Crippen LogP contribution in [0.3, 0.4) is 0 Å². The van der Waals surface area contributed by atoms with Crippen molar-refractivity contribution < 1.29 is 13.6 Å². The van der Waals surface area contributed by atoms with E-state index < -0.39 is 0 Å². The molecule has 1 saturated heterocycles. The van der Waals surface area contributed by atoms with E-state index in [1.54, 1.807) is 12.1 Å². The van der Waals surface area contributed by atoms with E-state index in [1.807, 2.05) is 0 Å². The minimum Gasteiger partial charge on any atom is -0.417 e. The largest absolute Gasteiger partial charge is 0.417 e. The molecule has 1 aromatic carbocycles. The summed E-state index contributed by atoms with van der Waals surface area (Å²) in [6.07, 6.45) is 2.62. The van der Waals surface area contributed by atoms with Crippen molar-refractivity contribution in [3.05, 3.63) is 47.4 Å². The zero-order valence-corrected chi connectivity index (χ0v) is 13.7. The third-order valence-corrected chi connectivity index (χ3v) is 4.33. The number of amides is 1. The molecular formula is C17H21FN4O2. The summed E-state index contributed by atoms with van der Waals surface area (Å²) in [5.41, 5.74) is 0.844. The van der Waals surface area contributed by atoms with Crippen LogP contribution >= 0.6 is 0 Å². The Morgan fingerprint density at radius 3 is 2.92 bits per heavy atom. The lowest BCUT2D eigenvalue weighted by Crippen LogP contribution is -2.40. The van der Waals surface area contributed by atoms with Gasteiger partial charge in [0, 0.05) is 12.6 Å². The lowest BCUT2D eigenvalue weighted by Gasteiger charge is -2.22. The molecule has 1 N–H and O–H groups in total. The molecule has 1 atom stereocenters. The molecule has 0 spiro atoms. The normalized spacial score (nSPS) is 18.0. The van der Waals surface area contributed by atoms with Gasteiger partial charge in [0.1, 0.15) is 5.82 Å². The van der Waals surface area contributed by atoms with Crippen molar-refractivity contribution in [1.29, 1.82) is 0 Å². The molecule has 0 unspecified atom stereocenters. The molecule has 1 amide bonds. The fraction of sp³-hybridized carbons (Fsp3) is 0.471. The highest BCUT2D eigenvalue weighted by molar-refractivity contribution is 5.89. The third kappa shape index (κ3) is 3.97. The van der Waals surface area contributed by atoms with Crippen LogP contribution in [0.25, 0.3) is 0 Å². The van der Waals surface area contributed by atoms with Gasteiger partial charge >= 0.3 is 11.8 Å². The lowest BCUT2D eigenvalue weighted by atomic mass is 10.1. The van der Waals surface area contributed by atoms with Gasteiger partial charge < -0.3 is 9.73 Å². The first-order valence-corrected chi connectivity index (χ1v) is 8.24. The summed E-state index contributed by atoms with van der Waals surface area (Å²) >= 11 is 0. The quantitative estimate of drug-likeness (QED) is 0.876. The van der Waals surface area contributed by atoms with Crippen LogP contribution in [0, 0.1) is 5.82 Å². The molecule has 1 aliphatic heterocycles. The summed E-state index contributed by atoms with van der Waals surface area (Å²) in [7, 11) is 0. The zero-order valence-electron chi connectivity index (χ0n) is 13.7. The Bertz CT molecular complexity index is 686. The molecule has 2 aromatic rings. The molecule has 3 rings (SSSR count). The average molecular weight is 332 g/mol. The number of hydrogen-bond donors (Lipinski definition) is 1. The fourth-order valence-electron chi connectivity index (χ4n) is 3.02. The number of likely N-dealkylation sites (tertiary alicyclic amines) is 1. The standard InChI is InChI=1S/C17H21FN4O2/c1-2-22-9-3-4-14(22)11-19-16(23)17-21-20-15(24-17)10-12-5-7-13(18)8-6-12/h5-8,14H,2-4,9-11H2,1H3,(H,19,23)/t14-/m0/s1. The second kappa shape index (κ2) is 7.53. The molecule has 0 saturated carbocycles. The molecule has 7 heteroatoms. The van der Waals surface area contributed by atoms with Crippen LogP contribution in [0.5, 0.6) is 0 Å². The number of nitrogens with zero attached hydrogens (tertiary/aromatic N) is 3. The Morgan fingerprint density at radius 1 is 1.38 bits per heavy atom. The van der Waals surface area contributed by atoms with E-state index in [-0.39, 0.29) is 17.6 Å². The molecule has 2 heterocycles. The van der Waals surface area contributed by atoms with E-state index in [1.165, 1.54) is 12.1 Å². The minimum atomic E-state index is -0.351. The van der Waals surface area contributed by atoms with E-state index in [9.17, 15) is 9.18 Å². The number of aromatic nitrogens is 2. The molecule has 1 aromatic heterocycles. The van der Waals surface area contributed by atoms with Crippen molar-refractivity contribution in [2.24, 2.45) is 0 Å². The monoisotopic (exact) mass is 332 g/mol. The summed E-state index contributed by atoms with van der Waals surface area (Å²) in [4.78, 5) is 14.5. The van der Waals surface area contributed by atoms with Gasteiger partial charge in [0.2, 0.25) is 5.89 Å². The molecule has 0 aliphatic carbocycles. The molecule has 0 radical (unpaired) electrons. The van der Waals surface area contributed by atoms with Crippen LogP contribution < -0.4 is 5.32 Å². The van der Waals surface area contributed by atoms with Crippen molar-refractivity contribution >= 4 is 5.91 Å². The Balaban J connectivity index is 1.54. The van der Waals surface area contributed by atoms with E-state index in [2.05, 4.69) is 27.3 Å². The second-order valence-corrected chi connectivity index (χ2v) is 5.94. The smallest absolute Gasteiger partial charge is 0.308 e. The number of likely N-dealkylation sites (N-methyl/N-ethyl adjacent to an activating group) is 1. The number of benzene rings is 1. The topological polar surface area (TPSA) is 71.3 Å². The fourth-order valence-corrected chi connectivity index (χ4v) is 3.02. The maximum absolute atomic E-state index is 12.9. The van der Waals surface area contributed by atoms with Gasteiger partial charge in [-0.25, -0.2) is 4.39 Å². The predicted octanol–water partition coefficient (Wildman–Crippen LogP) is 2.01. The SMILES string of the molecule is CCN1CCC[C@H]1CNC(=O)c1nnc(Cc2ccc(F)cc2)o1. The van der Waals surface area contributed by atoms with Gasteiger partial charge in [-0.1, -0.05) is 19.1 Å². The van der Waals surface area contributed by atoms with Crippen LogP contribution in [-0.4, -0.2) is 46.7 Å². The highest BCUT2D eigenvalue weighted by Gasteiger charge is 2.24. The first-order chi connectivity index (χ1) is 11.7. The average Bonchev–Trinajstić information content (AvgIpc) is 3.23. The van der Waals surface area contributed by atoms with Crippen LogP contribution in [0.15, 0.2) is 28.7 Å². The van der Waals surface area contributed by atoms with Gasteiger partial charge in [-0.15, -0.1) is 10.2 Å². The number of carbonyl (C=O) groups is 1. The van der Waals surface area contributed by atoms with E-state index in [0.717, 1.165) is 31.5 Å². The highest BCUT2D eigenvalue weighted by Crippen LogP contribution is 2.16. The van der Waals surface area contributed by atoms with Crippen molar-refractivity contribution in [3.8, 4) is 0 Å². The Hall–Kier alpha value is -2.28. The Kier molecular flexibility index (Phi) is 5.20. The van der Waals surface area contributed by atoms with Crippen molar-refractivity contribution in [1.82, 2.24) is 20.4 Å². The van der Waals surface area contributed by atoms with Crippen LogP contribution in [0.4, 0.5) is 4.39 Å². The van der Waals surface area contributed by atoms with Gasteiger partial charge in [0.25, 0.3) is 0 Å². The van der Waals surface area contributed by atoms with Crippen molar-refractivity contribution in [2.45, 2.75) is 32.2 Å². The number of hydrogen-bond acceptors (Lipinski definition) is 5. The first kappa shape index (κ1) is 16.6. The molecule has 24 heavy (non-hydrogen) atoms.